The number of benzene rings is 2. The van der Waals surface area contributed by atoms with E-state index in [9.17, 15) is 9.36 Å². The van der Waals surface area contributed by atoms with E-state index >= 15 is 0 Å². The molecule has 0 aromatic heterocycles. The first kappa shape index (κ1) is 19.1. The molecule has 0 fully saturated rings. The molecule has 0 unspecified atom stereocenters. The summed E-state index contributed by atoms with van der Waals surface area (Å²) in [7, 11) is -3.64. The zero-order valence-electron chi connectivity index (χ0n) is 14.3. The van der Waals surface area contributed by atoms with E-state index in [2.05, 4.69) is 5.32 Å². The van der Waals surface area contributed by atoms with Crippen LogP contribution in [0.1, 0.15) is 29.8 Å². The van der Waals surface area contributed by atoms with Crippen molar-refractivity contribution in [1.82, 2.24) is 5.32 Å². The first-order valence-electron chi connectivity index (χ1n) is 8.12. The first-order chi connectivity index (χ1) is 12.1. The second-order valence-electron chi connectivity index (χ2n) is 5.09. The maximum atomic E-state index is 13.2. The van der Waals surface area contributed by atoms with Gasteiger partial charge in [0.1, 0.15) is 5.44 Å². The Morgan fingerprint density at radius 3 is 2.00 bits per heavy atom. The van der Waals surface area contributed by atoms with E-state index in [-0.39, 0.29) is 24.6 Å². The number of nitrogens with one attached hydrogen (secondary N) is 1. The number of hydrogen-bond acceptors (Lipinski definition) is 4. The highest BCUT2D eigenvalue weighted by Crippen LogP contribution is 2.55. The smallest absolute Gasteiger partial charge is 0.315 e. The number of hydrogen-bond donors (Lipinski definition) is 1. The second kappa shape index (κ2) is 9.33. The molecule has 1 N–H and O–H groups in total. The summed E-state index contributed by atoms with van der Waals surface area (Å²) in [4.78, 5) is 12.5. The zero-order valence-corrected chi connectivity index (χ0v) is 15.2. The Morgan fingerprint density at radius 1 is 0.960 bits per heavy atom. The molecule has 2 rings (SSSR count). The summed E-state index contributed by atoms with van der Waals surface area (Å²) in [6, 6.07) is 18.0. The Labute approximate surface area is 148 Å². The van der Waals surface area contributed by atoms with Crippen LogP contribution in [-0.4, -0.2) is 19.1 Å². The molecule has 6 heteroatoms. The molecule has 25 heavy (non-hydrogen) atoms. The maximum absolute atomic E-state index is 13.2. The summed E-state index contributed by atoms with van der Waals surface area (Å²) >= 11 is 0. The fraction of sp³-hybridized carbons (Fsp3) is 0.211. The zero-order chi connectivity index (χ0) is 18.1. The topological polar surface area (TPSA) is 64.6 Å². The summed E-state index contributed by atoms with van der Waals surface area (Å²) in [5.41, 5.74) is 1.36. The predicted octanol–water partition coefficient (Wildman–Crippen LogP) is 4.68. The lowest BCUT2D eigenvalue weighted by molar-refractivity contribution is 0.0965. The third-order valence-corrected chi connectivity index (χ3v) is 5.30. The Hall–Kier alpha value is -2.20. The van der Waals surface area contributed by atoms with Crippen LogP contribution < -0.4 is 5.32 Å². The van der Waals surface area contributed by atoms with Gasteiger partial charge < -0.3 is 14.4 Å². The molecular weight excluding hydrogens is 337 g/mol. The average Bonchev–Trinajstić information content (AvgIpc) is 2.63. The van der Waals surface area contributed by atoms with Crippen LogP contribution in [-0.2, 0) is 13.6 Å². The first-order valence-corrected chi connectivity index (χ1v) is 9.66. The molecule has 0 saturated carbocycles. The standard InChI is InChI=1S/C19H22NO4P/c1-3-23-25(22,24-4-2)18(15-16-11-7-5-8-12-16)20-19(21)17-13-9-6-10-14-17/h5-15H,3-4H2,1-2H3,(H,20,21)/b18-15+. The van der Waals surface area contributed by atoms with Gasteiger partial charge in [-0.15, -0.1) is 0 Å². The van der Waals surface area contributed by atoms with E-state index in [0.29, 0.717) is 5.56 Å². The van der Waals surface area contributed by atoms with Crippen LogP contribution in [0.15, 0.2) is 66.1 Å². The lowest BCUT2D eigenvalue weighted by atomic mass is 10.2. The van der Waals surface area contributed by atoms with E-state index in [1.165, 1.54) is 0 Å². The van der Waals surface area contributed by atoms with Gasteiger partial charge in [-0.05, 0) is 37.6 Å². The minimum Gasteiger partial charge on any atom is -0.315 e. The summed E-state index contributed by atoms with van der Waals surface area (Å²) in [5, 5.41) is 2.70. The molecule has 0 spiro atoms. The summed E-state index contributed by atoms with van der Waals surface area (Å²) in [6.07, 6.45) is 1.62. The van der Waals surface area contributed by atoms with Gasteiger partial charge >= 0.3 is 7.60 Å². The number of rotatable bonds is 8. The van der Waals surface area contributed by atoms with E-state index in [4.69, 9.17) is 9.05 Å². The van der Waals surface area contributed by atoms with Crippen LogP contribution in [0.4, 0.5) is 0 Å². The largest absolute Gasteiger partial charge is 0.377 e. The highest BCUT2D eigenvalue weighted by atomic mass is 31.2. The Balaban J connectivity index is 2.40. The summed E-state index contributed by atoms with van der Waals surface area (Å²) in [5.74, 6) is -0.373. The molecule has 0 aliphatic rings. The van der Waals surface area contributed by atoms with Gasteiger partial charge in [-0.2, -0.15) is 0 Å². The quantitative estimate of drug-likeness (QED) is 0.695. The van der Waals surface area contributed by atoms with Gasteiger partial charge in [0.25, 0.3) is 5.91 Å². The third-order valence-electron chi connectivity index (χ3n) is 3.27. The molecule has 2 aromatic rings. The third kappa shape index (κ3) is 5.40. The van der Waals surface area contributed by atoms with E-state index in [0.717, 1.165) is 5.56 Å². The molecule has 0 saturated heterocycles. The number of carbonyl (C=O) groups is 1. The van der Waals surface area contributed by atoms with Gasteiger partial charge in [0, 0.05) is 5.56 Å². The van der Waals surface area contributed by atoms with E-state index in [1.54, 1.807) is 44.2 Å². The lowest BCUT2D eigenvalue weighted by Gasteiger charge is -2.20. The van der Waals surface area contributed by atoms with Crippen molar-refractivity contribution in [2.24, 2.45) is 0 Å². The fourth-order valence-electron chi connectivity index (χ4n) is 2.19. The van der Waals surface area contributed by atoms with Crippen molar-refractivity contribution in [2.45, 2.75) is 13.8 Å². The lowest BCUT2D eigenvalue weighted by Crippen LogP contribution is -2.24. The maximum Gasteiger partial charge on any atom is 0.377 e. The SMILES string of the molecule is CCOP(=O)(OCC)/C(=C/c1ccccc1)NC(=O)c1ccccc1. The summed E-state index contributed by atoms with van der Waals surface area (Å²) < 4.78 is 23.9. The van der Waals surface area contributed by atoms with Gasteiger partial charge in [-0.25, -0.2) is 0 Å². The Bertz CT molecular complexity index is 750. The molecule has 1 amide bonds. The second-order valence-corrected chi connectivity index (χ2v) is 7.09. The minimum absolute atomic E-state index is 0.122. The monoisotopic (exact) mass is 359 g/mol. The van der Waals surface area contributed by atoms with Crippen molar-refractivity contribution < 1.29 is 18.4 Å². The average molecular weight is 359 g/mol. The van der Waals surface area contributed by atoms with Crippen LogP contribution in [0.5, 0.6) is 0 Å². The number of amides is 1. The van der Waals surface area contributed by atoms with Crippen molar-refractivity contribution in [1.29, 1.82) is 0 Å². The predicted molar refractivity (Wildman–Crippen MR) is 99.2 cm³/mol. The molecule has 0 atom stereocenters. The molecular formula is C19H22NO4P. The van der Waals surface area contributed by atoms with Crippen LogP contribution in [0.25, 0.3) is 6.08 Å². The van der Waals surface area contributed by atoms with E-state index in [1.807, 2.05) is 36.4 Å². The van der Waals surface area contributed by atoms with Crippen LogP contribution in [0.2, 0.25) is 0 Å². The minimum atomic E-state index is -3.64. The molecule has 0 aliphatic carbocycles. The van der Waals surface area contributed by atoms with Crippen LogP contribution in [0.3, 0.4) is 0 Å². The number of carbonyl (C=O) groups excluding carboxylic acids is 1. The molecule has 0 heterocycles. The van der Waals surface area contributed by atoms with Crippen molar-refractivity contribution in [3.8, 4) is 0 Å². The van der Waals surface area contributed by atoms with Gasteiger partial charge in [0.15, 0.2) is 0 Å². The molecule has 0 radical (unpaired) electrons. The van der Waals surface area contributed by atoms with Gasteiger partial charge in [0.05, 0.1) is 13.2 Å². The van der Waals surface area contributed by atoms with Gasteiger partial charge in [0.2, 0.25) is 0 Å². The fourth-order valence-corrected chi connectivity index (χ4v) is 3.76. The summed E-state index contributed by atoms with van der Waals surface area (Å²) in [6.45, 7) is 3.85. The highest BCUT2D eigenvalue weighted by Gasteiger charge is 2.31. The van der Waals surface area contributed by atoms with Crippen molar-refractivity contribution in [2.75, 3.05) is 13.2 Å². The highest BCUT2D eigenvalue weighted by molar-refractivity contribution is 7.58. The van der Waals surface area contributed by atoms with Crippen LogP contribution >= 0.6 is 7.60 Å². The van der Waals surface area contributed by atoms with Crippen LogP contribution in [0, 0.1) is 0 Å². The van der Waals surface area contributed by atoms with E-state index < -0.39 is 7.60 Å². The normalized spacial score (nSPS) is 12.0. The van der Waals surface area contributed by atoms with Crippen molar-refractivity contribution in [3.63, 3.8) is 0 Å². The van der Waals surface area contributed by atoms with Crippen molar-refractivity contribution >= 4 is 19.6 Å². The molecule has 2 aromatic carbocycles. The molecule has 0 aliphatic heterocycles. The Morgan fingerprint density at radius 2 is 1.48 bits per heavy atom. The molecule has 132 valence electrons. The van der Waals surface area contributed by atoms with Crippen molar-refractivity contribution in [3.05, 3.63) is 77.2 Å². The molecule has 5 nitrogen and oxygen atoms in total. The van der Waals surface area contributed by atoms with Gasteiger partial charge in [-0.3, -0.25) is 9.36 Å². The Kier molecular flexibility index (Phi) is 7.14. The van der Waals surface area contributed by atoms with Gasteiger partial charge in [-0.1, -0.05) is 48.5 Å². The molecule has 0 bridgehead atoms.